The number of anilines is 2. The van der Waals surface area contributed by atoms with E-state index in [0.717, 1.165) is 33.6 Å². The van der Waals surface area contributed by atoms with Gasteiger partial charge in [0.25, 0.3) is 11.8 Å². The van der Waals surface area contributed by atoms with Crippen molar-refractivity contribution in [3.8, 4) is 0 Å². The van der Waals surface area contributed by atoms with E-state index in [9.17, 15) is 14.4 Å². The maximum absolute atomic E-state index is 12.6. The molecule has 0 radical (unpaired) electrons. The van der Waals surface area contributed by atoms with Crippen LogP contribution in [0.2, 0.25) is 0 Å². The SMILES string of the molecule is CC(OC(=O)ON1C(=O)CCC1=O)C1c2ccc(N(C)C)cc2C(C)(C)c2cc(N(C)C)ccc21. The van der Waals surface area contributed by atoms with Gasteiger partial charge in [0.1, 0.15) is 6.10 Å². The number of hydroxylamine groups is 2. The molecule has 0 N–H and O–H groups in total. The van der Waals surface area contributed by atoms with E-state index in [-0.39, 0.29) is 24.2 Å². The summed E-state index contributed by atoms with van der Waals surface area (Å²) in [4.78, 5) is 45.4. The first-order chi connectivity index (χ1) is 16.4. The molecule has 1 saturated heterocycles. The molecule has 8 heteroatoms. The lowest BCUT2D eigenvalue weighted by Gasteiger charge is -2.42. The van der Waals surface area contributed by atoms with Crippen LogP contribution in [0, 0.1) is 0 Å². The molecule has 2 aliphatic rings. The van der Waals surface area contributed by atoms with E-state index in [4.69, 9.17) is 9.57 Å². The predicted octanol–water partition coefficient (Wildman–Crippen LogP) is 4.20. The van der Waals surface area contributed by atoms with Gasteiger partial charge in [-0.3, -0.25) is 14.4 Å². The molecule has 1 aliphatic carbocycles. The fraction of sp³-hybridized carbons (Fsp3) is 0.444. The smallest absolute Gasteiger partial charge is 0.429 e. The van der Waals surface area contributed by atoms with E-state index < -0.39 is 24.1 Å². The molecule has 186 valence electrons. The summed E-state index contributed by atoms with van der Waals surface area (Å²) in [5, 5.41) is 0.508. The van der Waals surface area contributed by atoms with Gasteiger partial charge in [0.2, 0.25) is 0 Å². The lowest BCUT2D eigenvalue weighted by Crippen LogP contribution is -2.37. The number of hydrogen-bond donors (Lipinski definition) is 0. The van der Waals surface area contributed by atoms with Gasteiger partial charge in [0.15, 0.2) is 0 Å². The van der Waals surface area contributed by atoms with Gasteiger partial charge in [-0.05, 0) is 53.4 Å². The molecule has 1 unspecified atom stereocenters. The maximum Gasteiger partial charge on any atom is 0.534 e. The highest BCUT2D eigenvalue weighted by molar-refractivity contribution is 6.01. The maximum atomic E-state index is 12.6. The number of rotatable bonds is 5. The minimum absolute atomic E-state index is 0.0303. The van der Waals surface area contributed by atoms with Crippen molar-refractivity contribution in [2.24, 2.45) is 0 Å². The highest BCUT2D eigenvalue weighted by Crippen LogP contribution is 2.50. The number of carbonyl (C=O) groups is 3. The number of hydrogen-bond acceptors (Lipinski definition) is 7. The van der Waals surface area contributed by atoms with Crippen LogP contribution >= 0.6 is 0 Å². The molecule has 1 atom stereocenters. The standard InChI is InChI=1S/C27H33N3O5/c1-16(34-26(33)35-30-23(31)12-13-24(30)32)25-19-10-8-17(28(4)5)14-21(19)27(2,3)22-15-18(29(6)7)9-11-20(22)25/h8-11,14-16,25H,12-13H2,1-7H3. The Morgan fingerprint density at radius 1 is 0.914 bits per heavy atom. The van der Waals surface area contributed by atoms with Gasteiger partial charge < -0.3 is 14.5 Å². The molecular weight excluding hydrogens is 446 g/mol. The highest BCUT2D eigenvalue weighted by atomic mass is 16.8. The number of benzene rings is 2. The van der Waals surface area contributed by atoms with Gasteiger partial charge in [-0.25, -0.2) is 4.79 Å². The van der Waals surface area contributed by atoms with E-state index in [1.54, 1.807) is 0 Å². The number of fused-ring (bicyclic) bond motifs is 2. The third-order valence-electron chi connectivity index (χ3n) is 7.05. The van der Waals surface area contributed by atoms with Gasteiger partial charge in [-0.15, -0.1) is 0 Å². The quantitative estimate of drug-likeness (QED) is 0.470. The lowest BCUT2D eigenvalue weighted by molar-refractivity contribution is -0.178. The third-order valence-corrected chi connectivity index (χ3v) is 7.05. The van der Waals surface area contributed by atoms with Crippen molar-refractivity contribution in [2.45, 2.75) is 51.0 Å². The highest BCUT2D eigenvalue weighted by Gasteiger charge is 2.42. The largest absolute Gasteiger partial charge is 0.534 e. The zero-order valence-corrected chi connectivity index (χ0v) is 21.4. The summed E-state index contributed by atoms with van der Waals surface area (Å²) in [6.07, 6.45) is -1.62. The number of imide groups is 1. The number of ether oxygens (including phenoxy) is 1. The number of carbonyl (C=O) groups excluding carboxylic acids is 3. The van der Waals surface area contributed by atoms with E-state index in [2.05, 4.69) is 60.0 Å². The first kappa shape index (κ1) is 24.6. The molecule has 2 aromatic rings. The van der Waals surface area contributed by atoms with Crippen LogP contribution in [-0.4, -0.2) is 57.3 Å². The lowest BCUT2D eigenvalue weighted by atomic mass is 9.64. The molecule has 1 heterocycles. The van der Waals surface area contributed by atoms with E-state index in [0.29, 0.717) is 5.06 Å². The number of amides is 2. The molecule has 0 bridgehead atoms. The van der Waals surface area contributed by atoms with Crippen molar-refractivity contribution < 1.29 is 24.0 Å². The van der Waals surface area contributed by atoms with Crippen LogP contribution < -0.4 is 9.80 Å². The molecule has 8 nitrogen and oxygen atoms in total. The van der Waals surface area contributed by atoms with Gasteiger partial charge in [-0.2, -0.15) is 0 Å². The first-order valence-electron chi connectivity index (χ1n) is 11.8. The van der Waals surface area contributed by atoms with E-state index >= 15 is 0 Å². The fourth-order valence-electron chi connectivity index (χ4n) is 5.06. The molecule has 4 rings (SSSR count). The predicted molar refractivity (Wildman–Crippen MR) is 134 cm³/mol. The Balaban J connectivity index is 1.74. The van der Waals surface area contributed by atoms with Crippen LogP contribution in [0.15, 0.2) is 36.4 Å². The number of nitrogens with zero attached hydrogens (tertiary/aromatic N) is 3. The zero-order valence-electron chi connectivity index (χ0n) is 21.4. The van der Waals surface area contributed by atoms with Crippen molar-refractivity contribution in [1.29, 1.82) is 0 Å². The second-order valence-electron chi connectivity index (χ2n) is 10.2. The Morgan fingerprint density at radius 2 is 1.37 bits per heavy atom. The molecule has 1 fully saturated rings. The summed E-state index contributed by atoms with van der Waals surface area (Å²) in [6.45, 7) is 6.24. The summed E-state index contributed by atoms with van der Waals surface area (Å²) in [6, 6.07) is 12.7. The summed E-state index contributed by atoms with van der Waals surface area (Å²) in [5.41, 5.74) is 6.34. The topological polar surface area (TPSA) is 79.4 Å². The molecule has 2 aromatic carbocycles. The second-order valence-corrected chi connectivity index (χ2v) is 10.2. The normalized spacial score (nSPS) is 17.5. The van der Waals surface area contributed by atoms with Crippen LogP contribution in [0.4, 0.5) is 16.2 Å². The van der Waals surface area contributed by atoms with Crippen LogP contribution in [-0.2, 0) is 24.6 Å². The zero-order chi connectivity index (χ0) is 25.7. The van der Waals surface area contributed by atoms with Gasteiger partial charge in [-0.1, -0.05) is 31.0 Å². The van der Waals surface area contributed by atoms with Crippen molar-refractivity contribution >= 4 is 29.3 Å². The van der Waals surface area contributed by atoms with Crippen molar-refractivity contribution in [3.05, 3.63) is 58.7 Å². The molecule has 1 aliphatic heterocycles. The minimum Gasteiger partial charge on any atom is -0.429 e. The van der Waals surface area contributed by atoms with Crippen molar-refractivity contribution in [3.63, 3.8) is 0 Å². The molecule has 2 amide bonds. The first-order valence-corrected chi connectivity index (χ1v) is 11.8. The van der Waals surface area contributed by atoms with Crippen molar-refractivity contribution in [2.75, 3.05) is 38.0 Å². The van der Waals surface area contributed by atoms with Gasteiger partial charge in [0.05, 0.1) is 0 Å². The van der Waals surface area contributed by atoms with Crippen LogP contribution in [0.5, 0.6) is 0 Å². The summed E-state index contributed by atoms with van der Waals surface area (Å²) in [5.74, 6) is -1.33. The Morgan fingerprint density at radius 3 is 1.80 bits per heavy atom. The average molecular weight is 480 g/mol. The Kier molecular flexibility index (Phi) is 6.25. The third kappa shape index (κ3) is 4.33. The van der Waals surface area contributed by atoms with E-state index in [1.165, 1.54) is 0 Å². The average Bonchev–Trinajstić information content (AvgIpc) is 3.10. The van der Waals surface area contributed by atoms with Gasteiger partial charge >= 0.3 is 6.16 Å². The Bertz CT molecular complexity index is 1110. The molecule has 35 heavy (non-hydrogen) atoms. The monoisotopic (exact) mass is 479 g/mol. The van der Waals surface area contributed by atoms with Crippen LogP contribution in [0.25, 0.3) is 0 Å². The van der Waals surface area contributed by atoms with Crippen molar-refractivity contribution in [1.82, 2.24) is 5.06 Å². The van der Waals surface area contributed by atoms with Gasteiger partial charge in [0, 0.05) is 63.7 Å². The molecule has 0 saturated carbocycles. The van der Waals surface area contributed by atoms with Crippen LogP contribution in [0.3, 0.4) is 0 Å². The summed E-state index contributed by atoms with van der Waals surface area (Å²) < 4.78 is 5.66. The van der Waals surface area contributed by atoms with Crippen LogP contribution in [0.1, 0.15) is 61.8 Å². The summed E-state index contributed by atoms with van der Waals surface area (Å²) in [7, 11) is 8.04. The molecule has 0 spiro atoms. The minimum atomic E-state index is -1.07. The summed E-state index contributed by atoms with van der Waals surface area (Å²) >= 11 is 0. The molecular formula is C27H33N3O5. The second kappa shape index (κ2) is 8.91. The van der Waals surface area contributed by atoms with E-state index in [1.807, 2.05) is 35.1 Å². The Hall–Kier alpha value is -3.55. The Labute approximate surface area is 206 Å². The fourth-order valence-corrected chi connectivity index (χ4v) is 5.06. The molecule has 0 aromatic heterocycles.